The normalized spacial score (nSPS) is 16.3. The summed E-state index contributed by atoms with van der Waals surface area (Å²) in [5.41, 5.74) is 1.87. The molecule has 0 amide bonds. The molecule has 0 spiro atoms. The van der Waals surface area contributed by atoms with Gasteiger partial charge in [0.2, 0.25) is 0 Å². The first-order valence-corrected chi connectivity index (χ1v) is 8.15. The molecule has 1 unspecified atom stereocenters. The molecule has 1 fully saturated rings. The molecule has 0 radical (unpaired) electrons. The fraction of sp³-hybridized carbons (Fsp3) is 0.412. The molecular weight excluding hydrogens is 269 g/mol. The smallest absolute Gasteiger partial charge is 0.131 e. The molecule has 3 heteroatoms. The van der Waals surface area contributed by atoms with E-state index in [-0.39, 0.29) is 5.82 Å². The first-order chi connectivity index (χ1) is 9.74. The minimum Gasteiger partial charge on any atom is -0.312 e. The Kier molecular flexibility index (Phi) is 4.18. The van der Waals surface area contributed by atoms with Gasteiger partial charge in [-0.1, -0.05) is 19.1 Å². The Morgan fingerprint density at radius 2 is 2.20 bits per heavy atom. The highest BCUT2D eigenvalue weighted by molar-refractivity contribution is 7.13. The van der Waals surface area contributed by atoms with Crippen molar-refractivity contribution in [3.63, 3.8) is 0 Å². The average Bonchev–Trinajstić information content (AvgIpc) is 3.16. The van der Waals surface area contributed by atoms with Gasteiger partial charge >= 0.3 is 0 Å². The number of hydrogen-bond acceptors (Lipinski definition) is 2. The third-order valence-electron chi connectivity index (χ3n) is 4.04. The maximum absolute atomic E-state index is 13.9. The monoisotopic (exact) mass is 289 g/mol. The maximum atomic E-state index is 13.9. The number of halogens is 1. The van der Waals surface area contributed by atoms with Gasteiger partial charge < -0.3 is 5.32 Å². The predicted octanol–water partition coefficient (Wildman–Crippen LogP) is 4.69. The highest BCUT2D eigenvalue weighted by Crippen LogP contribution is 2.36. The van der Waals surface area contributed by atoms with Crippen LogP contribution in [0.25, 0.3) is 10.4 Å². The molecule has 2 aromatic rings. The van der Waals surface area contributed by atoms with Gasteiger partial charge in [-0.2, -0.15) is 0 Å². The Labute approximate surface area is 123 Å². The van der Waals surface area contributed by atoms with Gasteiger partial charge in [0.15, 0.2) is 0 Å². The van der Waals surface area contributed by atoms with Crippen LogP contribution in [0.15, 0.2) is 35.7 Å². The molecule has 1 saturated carbocycles. The van der Waals surface area contributed by atoms with Crippen molar-refractivity contribution in [2.45, 2.75) is 26.3 Å². The first kappa shape index (κ1) is 13.8. The van der Waals surface area contributed by atoms with Crippen LogP contribution in [-0.4, -0.2) is 6.54 Å². The van der Waals surface area contributed by atoms with E-state index < -0.39 is 0 Å². The zero-order valence-corrected chi connectivity index (χ0v) is 12.5. The van der Waals surface area contributed by atoms with Gasteiger partial charge in [0, 0.05) is 17.0 Å². The van der Waals surface area contributed by atoms with E-state index in [9.17, 15) is 4.39 Å². The minimum absolute atomic E-state index is 0.137. The standard InChI is InChI=1S/C17H20FNS/c1-12(14-5-6-14)10-19-11-13-4-7-16(18)15(9-13)17-3-2-8-20-17/h2-4,7-9,12,14,19H,5-6,10-11H2,1H3. The van der Waals surface area contributed by atoms with E-state index in [1.165, 1.54) is 12.8 Å². The summed E-state index contributed by atoms with van der Waals surface area (Å²) in [6, 6.07) is 9.35. The summed E-state index contributed by atoms with van der Waals surface area (Å²) in [7, 11) is 0. The van der Waals surface area contributed by atoms with Crippen LogP contribution in [0, 0.1) is 17.7 Å². The Balaban J connectivity index is 1.63. The lowest BCUT2D eigenvalue weighted by atomic mass is 10.1. The largest absolute Gasteiger partial charge is 0.312 e. The summed E-state index contributed by atoms with van der Waals surface area (Å²) < 4.78 is 13.9. The van der Waals surface area contributed by atoms with Crippen molar-refractivity contribution >= 4 is 11.3 Å². The molecule has 1 nitrogen and oxygen atoms in total. The first-order valence-electron chi connectivity index (χ1n) is 7.27. The minimum atomic E-state index is -0.137. The zero-order valence-electron chi connectivity index (χ0n) is 11.7. The van der Waals surface area contributed by atoms with Crippen LogP contribution < -0.4 is 5.32 Å². The summed E-state index contributed by atoms with van der Waals surface area (Å²) in [6.45, 7) is 4.18. The molecule has 1 aromatic carbocycles. The van der Waals surface area contributed by atoms with E-state index in [2.05, 4.69) is 12.2 Å². The summed E-state index contributed by atoms with van der Waals surface area (Å²) >= 11 is 1.58. The van der Waals surface area contributed by atoms with Crippen molar-refractivity contribution in [3.8, 4) is 10.4 Å². The second-order valence-electron chi connectivity index (χ2n) is 5.74. The lowest BCUT2D eigenvalue weighted by Crippen LogP contribution is -2.21. The molecular formula is C17H20FNS. The summed E-state index contributed by atoms with van der Waals surface area (Å²) in [5, 5.41) is 5.48. The lowest BCUT2D eigenvalue weighted by molar-refractivity contribution is 0.461. The molecule has 1 aromatic heterocycles. The molecule has 1 heterocycles. The molecule has 3 rings (SSSR count). The van der Waals surface area contributed by atoms with Crippen LogP contribution in [0.1, 0.15) is 25.3 Å². The van der Waals surface area contributed by atoms with Gasteiger partial charge in [-0.3, -0.25) is 0 Å². The molecule has 1 atom stereocenters. The van der Waals surface area contributed by atoms with E-state index >= 15 is 0 Å². The predicted molar refractivity (Wildman–Crippen MR) is 83.3 cm³/mol. The molecule has 0 bridgehead atoms. The number of thiophene rings is 1. The summed E-state index contributed by atoms with van der Waals surface area (Å²) in [4.78, 5) is 0.996. The van der Waals surface area contributed by atoms with Crippen molar-refractivity contribution in [1.29, 1.82) is 0 Å². The van der Waals surface area contributed by atoms with Gasteiger partial charge in [-0.25, -0.2) is 4.39 Å². The number of benzene rings is 1. The highest BCUT2D eigenvalue weighted by atomic mass is 32.1. The SMILES string of the molecule is CC(CNCc1ccc(F)c(-c2cccs2)c1)C1CC1. The van der Waals surface area contributed by atoms with Crippen LogP contribution >= 0.6 is 11.3 Å². The third kappa shape index (κ3) is 3.28. The van der Waals surface area contributed by atoms with Crippen LogP contribution in [0.5, 0.6) is 0 Å². The van der Waals surface area contributed by atoms with Crippen molar-refractivity contribution in [3.05, 3.63) is 47.1 Å². The fourth-order valence-corrected chi connectivity index (χ4v) is 3.32. The maximum Gasteiger partial charge on any atom is 0.131 e. The molecule has 1 N–H and O–H groups in total. The van der Waals surface area contributed by atoms with E-state index in [1.54, 1.807) is 17.4 Å². The quantitative estimate of drug-likeness (QED) is 0.813. The van der Waals surface area contributed by atoms with E-state index in [0.29, 0.717) is 0 Å². The van der Waals surface area contributed by atoms with Crippen molar-refractivity contribution in [1.82, 2.24) is 5.32 Å². The lowest BCUT2D eigenvalue weighted by Gasteiger charge is -2.12. The number of rotatable bonds is 6. The van der Waals surface area contributed by atoms with E-state index in [4.69, 9.17) is 0 Å². The average molecular weight is 289 g/mol. The van der Waals surface area contributed by atoms with Gasteiger partial charge in [-0.15, -0.1) is 11.3 Å². The van der Waals surface area contributed by atoms with Crippen LogP contribution in [0.4, 0.5) is 4.39 Å². The summed E-state index contributed by atoms with van der Waals surface area (Å²) in [6.07, 6.45) is 2.78. The van der Waals surface area contributed by atoms with Gasteiger partial charge in [-0.05, 0) is 60.4 Å². The van der Waals surface area contributed by atoms with Crippen LogP contribution in [0.2, 0.25) is 0 Å². The second-order valence-corrected chi connectivity index (χ2v) is 6.68. The Morgan fingerprint density at radius 3 is 2.90 bits per heavy atom. The molecule has 1 aliphatic rings. The Hall–Kier alpha value is -1.19. The highest BCUT2D eigenvalue weighted by Gasteiger charge is 2.27. The van der Waals surface area contributed by atoms with Crippen molar-refractivity contribution < 1.29 is 4.39 Å². The summed E-state index contributed by atoms with van der Waals surface area (Å²) in [5.74, 6) is 1.55. The third-order valence-corrected chi connectivity index (χ3v) is 4.94. The number of nitrogens with one attached hydrogen (secondary N) is 1. The van der Waals surface area contributed by atoms with Crippen molar-refractivity contribution in [2.75, 3.05) is 6.54 Å². The molecule has 20 heavy (non-hydrogen) atoms. The van der Waals surface area contributed by atoms with E-state index in [0.717, 1.165) is 40.9 Å². The zero-order chi connectivity index (χ0) is 13.9. The topological polar surface area (TPSA) is 12.0 Å². The molecule has 0 saturated heterocycles. The van der Waals surface area contributed by atoms with Gasteiger partial charge in [0.25, 0.3) is 0 Å². The number of hydrogen-bond donors (Lipinski definition) is 1. The fourth-order valence-electron chi connectivity index (χ4n) is 2.58. The van der Waals surface area contributed by atoms with Crippen molar-refractivity contribution in [2.24, 2.45) is 11.8 Å². The van der Waals surface area contributed by atoms with Gasteiger partial charge in [0.05, 0.1) is 0 Å². The van der Waals surface area contributed by atoms with Crippen LogP contribution in [-0.2, 0) is 6.54 Å². The van der Waals surface area contributed by atoms with Gasteiger partial charge in [0.1, 0.15) is 5.82 Å². The molecule has 0 aliphatic heterocycles. The second kappa shape index (κ2) is 6.06. The molecule has 1 aliphatic carbocycles. The Bertz CT molecular complexity index is 560. The Morgan fingerprint density at radius 1 is 1.35 bits per heavy atom. The van der Waals surface area contributed by atoms with Crippen LogP contribution in [0.3, 0.4) is 0 Å². The molecule has 106 valence electrons. The van der Waals surface area contributed by atoms with E-state index in [1.807, 2.05) is 29.6 Å².